The number of carbonyl (C=O) groups excluding carboxylic acids is 2. The largest absolute Gasteiger partial charge is 0.395 e. The zero-order valence-corrected chi connectivity index (χ0v) is 14.6. The molecule has 0 spiro atoms. The number of aromatic nitrogens is 1. The van der Waals surface area contributed by atoms with E-state index in [0.717, 1.165) is 5.39 Å². The summed E-state index contributed by atoms with van der Waals surface area (Å²) in [6, 6.07) is 13.4. The van der Waals surface area contributed by atoms with Gasteiger partial charge in [-0.05, 0) is 23.6 Å². The predicted molar refractivity (Wildman–Crippen MR) is 104 cm³/mol. The number of nitrogens with two attached hydrogens (primary N) is 1. The summed E-state index contributed by atoms with van der Waals surface area (Å²) in [6.07, 6.45) is 0. The molecule has 27 heavy (non-hydrogen) atoms. The van der Waals surface area contributed by atoms with Crippen LogP contribution in [0.2, 0.25) is 5.02 Å². The number of hydrogen-bond acceptors (Lipinski definition) is 4. The van der Waals surface area contributed by atoms with Gasteiger partial charge in [-0.3, -0.25) is 14.4 Å². The highest BCUT2D eigenvalue weighted by Gasteiger charge is 2.36. The molecular formula is C21H11ClN2O3. The molecule has 130 valence electrons. The molecule has 5 rings (SSSR count). The summed E-state index contributed by atoms with van der Waals surface area (Å²) in [5.41, 5.74) is 7.22. The molecule has 2 aromatic rings. The van der Waals surface area contributed by atoms with E-state index in [9.17, 15) is 14.4 Å². The molecule has 1 heterocycles. The molecule has 2 aromatic carbocycles. The molecule has 0 aromatic heterocycles. The Kier molecular flexibility index (Phi) is 3.09. The number of carbonyl (C=O) groups is 2. The van der Waals surface area contributed by atoms with Gasteiger partial charge >= 0.3 is 0 Å². The van der Waals surface area contributed by atoms with Crippen molar-refractivity contribution in [2.75, 3.05) is 5.73 Å². The van der Waals surface area contributed by atoms with Gasteiger partial charge in [-0.2, -0.15) is 0 Å². The van der Waals surface area contributed by atoms with E-state index in [1.54, 1.807) is 48.5 Å². The van der Waals surface area contributed by atoms with Crippen LogP contribution in [0.3, 0.4) is 0 Å². The van der Waals surface area contributed by atoms with E-state index in [4.69, 9.17) is 17.3 Å². The van der Waals surface area contributed by atoms with Gasteiger partial charge < -0.3 is 10.7 Å². The van der Waals surface area contributed by atoms with Gasteiger partial charge in [-0.25, -0.2) is 0 Å². The first kappa shape index (κ1) is 15.8. The zero-order valence-electron chi connectivity index (χ0n) is 13.8. The van der Waals surface area contributed by atoms with Crippen molar-refractivity contribution in [1.29, 1.82) is 0 Å². The Morgan fingerprint density at radius 3 is 2.19 bits per heavy atom. The van der Waals surface area contributed by atoms with Gasteiger partial charge in [0.1, 0.15) is 0 Å². The van der Waals surface area contributed by atoms with Crippen LogP contribution in [-0.4, -0.2) is 16.6 Å². The SMILES string of the molecule is Nc1c2c(c3[nH]c4cc(Cl)ccc4cc-3c1=O)C(=O)c1ccccc1C2=O. The van der Waals surface area contributed by atoms with Crippen LogP contribution in [0, 0.1) is 0 Å². The minimum Gasteiger partial charge on any atom is -0.395 e. The van der Waals surface area contributed by atoms with E-state index in [1.165, 1.54) is 0 Å². The van der Waals surface area contributed by atoms with Gasteiger partial charge in [0, 0.05) is 27.2 Å². The summed E-state index contributed by atoms with van der Waals surface area (Å²) in [4.78, 5) is 42.1. The normalized spacial score (nSPS) is 13.1. The lowest BCUT2D eigenvalue weighted by Crippen LogP contribution is -2.28. The fraction of sp³-hybridized carbons (Fsp3) is 0. The lowest BCUT2D eigenvalue weighted by molar-refractivity contribution is 0.0980. The second kappa shape index (κ2) is 5.28. The second-order valence-electron chi connectivity index (χ2n) is 6.49. The van der Waals surface area contributed by atoms with Crippen LogP contribution in [0.25, 0.3) is 22.2 Å². The third kappa shape index (κ3) is 2.03. The Balaban J connectivity index is 1.98. The third-order valence-corrected chi connectivity index (χ3v) is 5.21. The molecule has 0 atom stereocenters. The minimum absolute atomic E-state index is 0.0335. The van der Waals surface area contributed by atoms with E-state index < -0.39 is 11.2 Å². The van der Waals surface area contributed by atoms with Crippen molar-refractivity contribution in [1.82, 2.24) is 4.98 Å². The number of halogens is 1. The van der Waals surface area contributed by atoms with E-state index in [1.807, 2.05) is 0 Å². The Hall–Kier alpha value is -3.44. The number of nitrogen functional groups attached to an aromatic ring is 1. The van der Waals surface area contributed by atoms with Crippen molar-refractivity contribution >= 4 is 39.8 Å². The molecule has 3 N–H and O–H groups in total. The molecular weight excluding hydrogens is 364 g/mol. The molecule has 2 aliphatic carbocycles. The summed E-state index contributed by atoms with van der Waals surface area (Å²) in [5.74, 6) is -0.759. The van der Waals surface area contributed by atoms with E-state index in [-0.39, 0.29) is 33.7 Å². The molecule has 1 aliphatic heterocycles. The lowest BCUT2D eigenvalue weighted by Gasteiger charge is -2.22. The van der Waals surface area contributed by atoms with Crippen molar-refractivity contribution < 1.29 is 9.59 Å². The number of nitrogens with one attached hydrogen (secondary N) is 1. The van der Waals surface area contributed by atoms with Gasteiger partial charge in [0.15, 0.2) is 11.6 Å². The lowest BCUT2D eigenvalue weighted by atomic mass is 9.80. The maximum atomic E-state index is 13.2. The quantitative estimate of drug-likeness (QED) is 0.319. The van der Waals surface area contributed by atoms with Crippen LogP contribution in [-0.2, 0) is 0 Å². The average molecular weight is 375 g/mol. The molecule has 0 fully saturated rings. The number of ketones is 2. The van der Waals surface area contributed by atoms with Crippen LogP contribution in [0.15, 0.2) is 53.3 Å². The molecule has 0 amide bonds. The Morgan fingerprint density at radius 1 is 0.815 bits per heavy atom. The molecule has 5 nitrogen and oxygen atoms in total. The Bertz CT molecular complexity index is 1350. The number of hydrogen-bond donors (Lipinski definition) is 2. The van der Waals surface area contributed by atoms with Crippen LogP contribution >= 0.6 is 11.6 Å². The third-order valence-electron chi connectivity index (χ3n) is 4.97. The smallest absolute Gasteiger partial charge is 0.211 e. The van der Waals surface area contributed by atoms with Crippen molar-refractivity contribution in [3.8, 4) is 11.3 Å². The maximum absolute atomic E-state index is 13.2. The second-order valence-corrected chi connectivity index (χ2v) is 6.92. The minimum atomic E-state index is -0.475. The topological polar surface area (TPSA) is 93.0 Å². The number of rotatable bonds is 0. The highest BCUT2D eigenvalue weighted by Crippen LogP contribution is 2.37. The zero-order chi connectivity index (χ0) is 18.9. The predicted octanol–water partition coefficient (Wildman–Crippen LogP) is 3.64. The highest BCUT2D eigenvalue weighted by molar-refractivity contribution is 6.32. The molecule has 0 radical (unpaired) electrons. The summed E-state index contributed by atoms with van der Waals surface area (Å²) in [6.45, 7) is 0. The number of aromatic amines is 1. The van der Waals surface area contributed by atoms with Gasteiger partial charge in [-0.1, -0.05) is 41.9 Å². The standard InChI is InChI=1S/C21H11ClN2O3/c22-10-6-5-9-7-13-18(24-14(9)8-10)16-15(17(23)21(13)27)19(25)11-3-1-2-4-12(11)20(16)26/h1-8,24H,23H2. The average Bonchev–Trinajstić information content (AvgIpc) is 2.67. The van der Waals surface area contributed by atoms with E-state index in [2.05, 4.69) is 4.98 Å². The number of pyridine rings is 1. The fourth-order valence-electron chi connectivity index (χ4n) is 3.70. The first-order valence-corrected chi connectivity index (χ1v) is 8.61. The van der Waals surface area contributed by atoms with Crippen LogP contribution in [0.5, 0.6) is 0 Å². The van der Waals surface area contributed by atoms with Gasteiger partial charge in [-0.15, -0.1) is 0 Å². The summed E-state index contributed by atoms with van der Waals surface area (Å²) < 4.78 is 0. The Morgan fingerprint density at radius 2 is 1.48 bits per heavy atom. The van der Waals surface area contributed by atoms with Gasteiger partial charge in [0.05, 0.1) is 22.5 Å². The monoisotopic (exact) mass is 374 g/mol. The first-order chi connectivity index (χ1) is 13.0. The van der Waals surface area contributed by atoms with Crippen LogP contribution < -0.4 is 11.2 Å². The van der Waals surface area contributed by atoms with Crippen LogP contribution in [0.4, 0.5) is 5.69 Å². The summed E-state index contributed by atoms with van der Waals surface area (Å²) in [7, 11) is 0. The van der Waals surface area contributed by atoms with Crippen molar-refractivity contribution in [3.05, 3.63) is 86.0 Å². The molecule has 0 saturated heterocycles. The first-order valence-electron chi connectivity index (χ1n) is 8.23. The van der Waals surface area contributed by atoms with Crippen molar-refractivity contribution in [2.24, 2.45) is 0 Å². The number of fused-ring (bicyclic) bond motifs is 5. The Labute approximate surface area is 157 Å². The molecule has 0 unspecified atom stereocenters. The molecule has 0 bridgehead atoms. The highest BCUT2D eigenvalue weighted by atomic mass is 35.5. The number of benzene rings is 3. The van der Waals surface area contributed by atoms with Crippen molar-refractivity contribution in [3.63, 3.8) is 0 Å². The molecule has 6 heteroatoms. The summed E-state index contributed by atoms with van der Waals surface area (Å²) >= 11 is 6.07. The fourth-order valence-corrected chi connectivity index (χ4v) is 3.87. The van der Waals surface area contributed by atoms with Crippen LogP contribution in [0.1, 0.15) is 31.8 Å². The van der Waals surface area contributed by atoms with E-state index >= 15 is 0 Å². The molecule has 3 aliphatic rings. The number of H-pyrrole nitrogens is 1. The van der Waals surface area contributed by atoms with E-state index in [0.29, 0.717) is 21.8 Å². The van der Waals surface area contributed by atoms with Gasteiger partial charge in [0.2, 0.25) is 5.43 Å². The van der Waals surface area contributed by atoms with Gasteiger partial charge in [0.25, 0.3) is 0 Å². The molecule has 0 saturated carbocycles. The maximum Gasteiger partial charge on any atom is 0.211 e. The summed E-state index contributed by atoms with van der Waals surface area (Å²) in [5, 5.41) is 1.26. The number of anilines is 1. The van der Waals surface area contributed by atoms with Crippen molar-refractivity contribution in [2.45, 2.75) is 0 Å².